The number of carbonyl (C=O) groups excluding carboxylic acids is 1. The van der Waals surface area contributed by atoms with Crippen LogP contribution in [0.2, 0.25) is 0 Å². The van der Waals surface area contributed by atoms with Crippen LogP contribution in [-0.2, 0) is 25.9 Å². The molecule has 8 nitrogen and oxygen atoms in total. The summed E-state index contributed by atoms with van der Waals surface area (Å²) in [4.78, 5) is 16.0. The van der Waals surface area contributed by atoms with Crippen molar-refractivity contribution >= 4 is 27.6 Å². The van der Waals surface area contributed by atoms with Gasteiger partial charge in [0.15, 0.2) is 20.8 Å². The van der Waals surface area contributed by atoms with Crippen molar-refractivity contribution in [3.63, 3.8) is 0 Å². The molecular weight excluding hydrogens is 376 g/mol. The van der Waals surface area contributed by atoms with Gasteiger partial charge in [-0.1, -0.05) is 17.8 Å². The average Bonchev–Trinajstić information content (AvgIpc) is 3.17. The number of sulfone groups is 1. The highest BCUT2D eigenvalue weighted by atomic mass is 32.2. The Morgan fingerprint density at radius 2 is 2.15 bits per heavy atom. The first-order valence-corrected chi connectivity index (χ1v) is 10.8. The van der Waals surface area contributed by atoms with E-state index in [-0.39, 0.29) is 17.3 Å². The molecule has 0 amide bonds. The van der Waals surface area contributed by atoms with Crippen molar-refractivity contribution in [1.82, 2.24) is 19.7 Å². The van der Waals surface area contributed by atoms with Crippen LogP contribution in [0.15, 0.2) is 42.3 Å². The highest BCUT2D eigenvalue weighted by Gasteiger charge is 2.30. The van der Waals surface area contributed by atoms with Crippen LogP contribution in [0, 0.1) is 0 Å². The Morgan fingerprint density at radius 3 is 2.81 bits per heavy atom. The molecule has 0 saturated carbocycles. The molecule has 3 heterocycles. The lowest BCUT2D eigenvalue weighted by Gasteiger charge is -2.10. The smallest absolute Gasteiger partial charge is 0.316 e. The normalized spacial score (nSPS) is 18.5. The number of allylic oxidation sites excluding steroid dienone is 1. The predicted octanol–water partition coefficient (Wildman–Crippen LogP) is 1.35. The number of rotatable bonds is 7. The van der Waals surface area contributed by atoms with Crippen molar-refractivity contribution in [1.29, 1.82) is 0 Å². The van der Waals surface area contributed by atoms with Crippen molar-refractivity contribution in [2.45, 2.75) is 24.2 Å². The first kappa shape index (κ1) is 18.6. The molecule has 1 atom stereocenters. The van der Waals surface area contributed by atoms with Crippen LogP contribution < -0.4 is 0 Å². The quantitative estimate of drug-likeness (QED) is 0.394. The molecule has 2 aromatic rings. The molecule has 0 unspecified atom stereocenters. The lowest BCUT2D eigenvalue weighted by atomic mass is 10.2. The number of hydrogen-bond donors (Lipinski definition) is 0. The number of ether oxygens (including phenoxy) is 1. The van der Waals surface area contributed by atoms with Gasteiger partial charge in [0.25, 0.3) is 0 Å². The van der Waals surface area contributed by atoms with E-state index >= 15 is 0 Å². The van der Waals surface area contributed by atoms with E-state index < -0.39 is 21.9 Å². The van der Waals surface area contributed by atoms with Crippen LogP contribution in [0.25, 0.3) is 11.4 Å². The number of esters is 1. The van der Waals surface area contributed by atoms with E-state index in [1.165, 1.54) is 11.8 Å². The zero-order valence-electron chi connectivity index (χ0n) is 13.9. The number of carbonyl (C=O) groups is 1. The molecule has 1 fully saturated rings. The molecule has 10 heteroatoms. The Kier molecular flexibility index (Phi) is 5.72. The topological polar surface area (TPSA) is 104 Å². The Morgan fingerprint density at radius 1 is 1.38 bits per heavy atom. The van der Waals surface area contributed by atoms with Crippen LogP contribution >= 0.6 is 11.8 Å². The maximum atomic E-state index is 12.0. The summed E-state index contributed by atoms with van der Waals surface area (Å²) in [6.07, 6.45) is 4.87. The Hall–Kier alpha value is -2.20. The van der Waals surface area contributed by atoms with Crippen LogP contribution in [0.5, 0.6) is 0 Å². The third-order valence-corrected chi connectivity index (χ3v) is 6.45. The summed E-state index contributed by atoms with van der Waals surface area (Å²) in [5.74, 6) is 0.201. The largest absolute Gasteiger partial charge is 0.461 e. The van der Waals surface area contributed by atoms with E-state index in [1.54, 1.807) is 18.5 Å². The molecule has 138 valence electrons. The summed E-state index contributed by atoms with van der Waals surface area (Å²) in [7, 11) is -3.08. The summed E-state index contributed by atoms with van der Waals surface area (Å²) in [6, 6.07) is 3.65. The monoisotopic (exact) mass is 394 g/mol. The number of nitrogens with zero attached hydrogens (tertiary/aromatic N) is 4. The van der Waals surface area contributed by atoms with Gasteiger partial charge in [-0.3, -0.25) is 14.3 Å². The van der Waals surface area contributed by atoms with Crippen molar-refractivity contribution in [3.8, 4) is 11.4 Å². The van der Waals surface area contributed by atoms with Crippen molar-refractivity contribution < 1.29 is 17.9 Å². The Bertz CT molecular complexity index is 896. The van der Waals surface area contributed by atoms with E-state index in [9.17, 15) is 13.2 Å². The molecule has 0 N–H and O–H groups in total. The molecule has 1 aliphatic rings. The highest BCUT2D eigenvalue weighted by Crippen LogP contribution is 2.24. The second kappa shape index (κ2) is 8.00. The molecule has 26 heavy (non-hydrogen) atoms. The third-order valence-electron chi connectivity index (χ3n) is 3.77. The SMILES string of the molecule is C=CCn1c(SCC(=O)O[C@H]2CCS(=O)(=O)C2)nnc1-c1ccncc1. The van der Waals surface area contributed by atoms with E-state index in [4.69, 9.17) is 4.74 Å². The molecule has 0 radical (unpaired) electrons. The van der Waals surface area contributed by atoms with Gasteiger partial charge in [-0.25, -0.2) is 8.42 Å². The van der Waals surface area contributed by atoms with Gasteiger partial charge < -0.3 is 4.74 Å². The summed E-state index contributed by atoms with van der Waals surface area (Å²) in [6.45, 7) is 4.23. The molecule has 2 aromatic heterocycles. The van der Waals surface area contributed by atoms with Gasteiger partial charge in [-0.15, -0.1) is 16.8 Å². The van der Waals surface area contributed by atoms with E-state index in [1.807, 2.05) is 16.7 Å². The zero-order chi connectivity index (χ0) is 18.6. The number of aromatic nitrogens is 4. The Balaban J connectivity index is 1.65. The van der Waals surface area contributed by atoms with Crippen LogP contribution in [0.1, 0.15) is 6.42 Å². The first-order chi connectivity index (χ1) is 12.5. The van der Waals surface area contributed by atoms with Crippen LogP contribution in [-0.4, -0.2) is 57.5 Å². The van der Waals surface area contributed by atoms with Gasteiger partial charge in [0.2, 0.25) is 0 Å². The fourth-order valence-electron chi connectivity index (χ4n) is 2.60. The van der Waals surface area contributed by atoms with Crippen molar-refractivity contribution in [2.75, 3.05) is 17.3 Å². The number of pyridine rings is 1. The standard InChI is InChI=1S/C16H18N4O4S2/c1-2-8-20-15(12-3-6-17-7-4-12)18-19-16(20)25-10-14(21)24-13-5-9-26(22,23)11-13/h2-4,6-7,13H,1,5,8-11H2/t13-/m0/s1. The minimum Gasteiger partial charge on any atom is -0.461 e. The fraction of sp³-hybridized carbons (Fsp3) is 0.375. The zero-order valence-corrected chi connectivity index (χ0v) is 15.6. The van der Waals surface area contributed by atoms with Crippen molar-refractivity contribution in [3.05, 3.63) is 37.2 Å². The van der Waals surface area contributed by atoms with Gasteiger partial charge in [0.1, 0.15) is 6.10 Å². The highest BCUT2D eigenvalue weighted by molar-refractivity contribution is 7.99. The third kappa shape index (κ3) is 4.50. The molecule has 1 aliphatic heterocycles. The molecule has 0 aromatic carbocycles. The minimum atomic E-state index is -3.08. The summed E-state index contributed by atoms with van der Waals surface area (Å²) < 4.78 is 29.9. The van der Waals surface area contributed by atoms with E-state index in [0.717, 1.165) is 5.56 Å². The minimum absolute atomic E-state index is 0.0299. The molecule has 0 aliphatic carbocycles. The van der Waals surface area contributed by atoms with Gasteiger partial charge in [-0.05, 0) is 18.6 Å². The molecule has 0 spiro atoms. The fourth-order valence-corrected chi connectivity index (χ4v) is 4.92. The van der Waals surface area contributed by atoms with Crippen LogP contribution in [0.3, 0.4) is 0 Å². The number of thioether (sulfide) groups is 1. The second-order valence-electron chi connectivity index (χ2n) is 5.74. The van der Waals surface area contributed by atoms with Gasteiger partial charge >= 0.3 is 5.97 Å². The molecule has 0 bridgehead atoms. The molecule has 1 saturated heterocycles. The lowest BCUT2D eigenvalue weighted by molar-refractivity contribution is -0.144. The maximum absolute atomic E-state index is 12.0. The lowest BCUT2D eigenvalue weighted by Crippen LogP contribution is -2.20. The van der Waals surface area contributed by atoms with Gasteiger partial charge in [0.05, 0.1) is 17.3 Å². The van der Waals surface area contributed by atoms with Gasteiger partial charge in [0, 0.05) is 24.5 Å². The summed E-state index contributed by atoms with van der Waals surface area (Å²) >= 11 is 1.20. The molecule has 3 rings (SSSR count). The van der Waals surface area contributed by atoms with Crippen LogP contribution in [0.4, 0.5) is 0 Å². The van der Waals surface area contributed by atoms with E-state index in [2.05, 4.69) is 21.8 Å². The molecular formula is C16H18N4O4S2. The second-order valence-corrected chi connectivity index (χ2v) is 8.92. The summed E-state index contributed by atoms with van der Waals surface area (Å²) in [5.41, 5.74) is 0.861. The average molecular weight is 394 g/mol. The van der Waals surface area contributed by atoms with E-state index in [0.29, 0.717) is 23.9 Å². The summed E-state index contributed by atoms with van der Waals surface area (Å²) in [5, 5.41) is 8.90. The Labute approximate surface area is 155 Å². The predicted molar refractivity (Wildman–Crippen MR) is 97.3 cm³/mol. The maximum Gasteiger partial charge on any atom is 0.316 e. The van der Waals surface area contributed by atoms with Crippen molar-refractivity contribution in [2.24, 2.45) is 0 Å². The number of hydrogen-bond acceptors (Lipinski definition) is 8. The first-order valence-electron chi connectivity index (χ1n) is 7.96. The van der Waals surface area contributed by atoms with Gasteiger partial charge in [-0.2, -0.15) is 0 Å².